The number of thiazole rings is 1. The first-order valence-electron chi connectivity index (χ1n) is 3.03. The molecule has 5 heteroatoms. The molecule has 0 atom stereocenters. The summed E-state index contributed by atoms with van der Waals surface area (Å²) in [6.07, 6.45) is 0.628. The molecule has 0 unspecified atom stereocenters. The number of rotatable bonds is 3. The third kappa shape index (κ3) is 2.90. The highest BCUT2D eigenvalue weighted by molar-refractivity contribution is 7.82. The molecular formula is C6H7NO2S2. The third-order valence-electron chi connectivity index (χ3n) is 1.13. The zero-order chi connectivity index (χ0) is 8.27. The Labute approximate surface area is 73.5 Å². The van der Waals surface area contributed by atoms with Crippen LogP contribution in [0.5, 0.6) is 0 Å². The van der Waals surface area contributed by atoms with E-state index in [9.17, 15) is 4.79 Å². The van der Waals surface area contributed by atoms with Gasteiger partial charge in [-0.3, -0.25) is 4.79 Å². The van der Waals surface area contributed by atoms with Crippen LogP contribution in [0, 0.1) is 0 Å². The van der Waals surface area contributed by atoms with Crippen molar-refractivity contribution in [3.8, 4) is 0 Å². The second-order valence-electron chi connectivity index (χ2n) is 2.02. The second kappa shape index (κ2) is 3.73. The van der Waals surface area contributed by atoms with E-state index in [1.165, 1.54) is 11.3 Å². The van der Waals surface area contributed by atoms with E-state index < -0.39 is 5.97 Å². The molecule has 0 aliphatic carbocycles. The van der Waals surface area contributed by atoms with Crippen molar-refractivity contribution in [2.75, 3.05) is 0 Å². The van der Waals surface area contributed by atoms with Crippen LogP contribution in [0.4, 0.5) is 0 Å². The van der Waals surface area contributed by atoms with Crippen LogP contribution in [0.25, 0.3) is 0 Å². The largest absolute Gasteiger partial charge is 0.481 e. The highest BCUT2D eigenvalue weighted by atomic mass is 32.2. The Kier molecular flexibility index (Phi) is 2.90. The summed E-state index contributed by atoms with van der Waals surface area (Å²) in [6.45, 7) is 0. The third-order valence-corrected chi connectivity index (χ3v) is 2.24. The monoisotopic (exact) mass is 189 g/mol. The molecule has 1 aromatic rings. The number of carbonyl (C=O) groups is 1. The van der Waals surface area contributed by atoms with Crippen molar-refractivity contribution in [2.45, 2.75) is 17.2 Å². The van der Waals surface area contributed by atoms with Crippen molar-refractivity contribution in [3.05, 3.63) is 11.1 Å². The van der Waals surface area contributed by atoms with E-state index in [4.69, 9.17) is 5.11 Å². The van der Waals surface area contributed by atoms with Gasteiger partial charge < -0.3 is 5.11 Å². The van der Waals surface area contributed by atoms with Crippen LogP contribution in [0.3, 0.4) is 0 Å². The summed E-state index contributed by atoms with van der Waals surface area (Å²) in [6, 6.07) is 0. The molecule has 1 N–H and O–H groups in total. The van der Waals surface area contributed by atoms with E-state index in [0.717, 1.165) is 5.69 Å². The lowest BCUT2D eigenvalue weighted by molar-refractivity contribution is -0.136. The lowest BCUT2D eigenvalue weighted by Gasteiger charge is -1.89. The minimum absolute atomic E-state index is 0.136. The van der Waals surface area contributed by atoms with Gasteiger partial charge in [-0.05, 0) is 0 Å². The molecule has 0 aliphatic rings. The Hall–Kier alpha value is -0.550. The van der Waals surface area contributed by atoms with Crippen LogP contribution >= 0.6 is 24.0 Å². The van der Waals surface area contributed by atoms with E-state index in [-0.39, 0.29) is 6.42 Å². The Morgan fingerprint density at radius 1 is 1.82 bits per heavy atom. The molecule has 1 aromatic heterocycles. The Morgan fingerprint density at radius 3 is 3.00 bits per heavy atom. The lowest BCUT2D eigenvalue weighted by Crippen LogP contribution is -1.97. The SMILES string of the molecule is O=C(O)CCc1csc(S)n1. The summed E-state index contributed by atoms with van der Waals surface area (Å²) in [7, 11) is 0. The number of carboxylic acids is 1. The standard InChI is InChI=1S/C6H7NO2S2/c8-5(9)2-1-4-3-11-6(10)7-4/h3H,1-2H2,(H,7,10)(H,8,9). The molecule has 3 nitrogen and oxygen atoms in total. The van der Waals surface area contributed by atoms with E-state index in [0.29, 0.717) is 10.8 Å². The van der Waals surface area contributed by atoms with Gasteiger partial charge in [0.25, 0.3) is 0 Å². The first-order chi connectivity index (χ1) is 5.18. The minimum Gasteiger partial charge on any atom is -0.481 e. The van der Waals surface area contributed by atoms with E-state index >= 15 is 0 Å². The molecule has 0 aliphatic heterocycles. The van der Waals surface area contributed by atoms with E-state index in [1.54, 1.807) is 0 Å². The van der Waals surface area contributed by atoms with Crippen LogP contribution in [0.1, 0.15) is 12.1 Å². The molecule has 0 spiro atoms. The van der Waals surface area contributed by atoms with Crippen LogP contribution in [-0.4, -0.2) is 16.1 Å². The van der Waals surface area contributed by atoms with Crippen LogP contribution in [0.15, 0.2) is 9.72 Å². The molecule has 11 heavy (non-hydrogen) atoms. The Morgan fingerprint density at radius 2 is 2.55 bits per heavy atom. The molecule has 60 valence electrons. The molecule has 0 fully saturated rings. The molecule has 0 saturated heterocycles. The van der Waals surface area contributed by atoms with Gasteiger partial charge in [0.15, 0.2) is 0 Å². The summed E-state index contributed by atoms with van der Waals surface area (Å²) in [5.74, 6) is -0.793. The summed E-state index contributed by atoms with van der Waals surface area (Å²) in [5.41, 5.74) is 0.808. The van der Waals surface area contributed by atoms with Crippen LogP contribution < -0.4 is 0 Å². The van der Waals surface area contributed by atoms with Crippen molar-refractivity contribution in [1.29, 1.82) is 0 Å². The maximum Gasteiger partial charge on any atom is 0.303 e. The lowest BCUT2D eigenvalue weighted by atomic mass is 10.3. The number of aromatic nitrogens is 1. The van der Waals surface area contributed by atoms with Crippen molar-refractivity contribution in [2.24, 2.45) is 0 Å². The molecule has 1 heterocycles. The number of hydrogen-bond acceptors (Lipinski definition) is 4. The number of nitrogens with zero attached hydrogens (tertiary/aromatic N) is 1. The van der Waals surface area contributed by atoms with Crippen molar-refractivity contribution < 1.29 is 9.90 Å². The van der Waals surface area contributed by atoms with Gasteiger partial charge in [-0.1, -0.05) is 0 Å². The fraction of sp³-hybridized carbons (Fsp3) is 0.333. The van der Waals surface area contributed by atoms with E-state index in [2.05, 4.69) is 17.6 Å². The minimum atomic E-state index is -0.793. The van der Waals surface area contributed by atoms with Gasteiger partial charge in [0, 0.05) is 11.8 Å². The number of thiol groups is 1. The van der Waals surface area contributed by atoms with Gasteiger partial charge in [-0.2, -0.15) is 0 Å². The number of aryl methyl sites for hydroxylation is 1. The summed E-state index contributed by atoms with van der Waals surface area (Å²) in [5, 5.41) is 10.2. The van der Waals surface area contributed by atoms with Crippen molar-refractivity contribution in [1.82, 2.24) is 4.98 Å². The second-order valence-corrected chi connectivity index (χ2v) is 3.60. The summed E-state index contributed by atoms with van der Waals surface area (Å²) >= 11 is 5.43. The van der Waals surface area contributed by atoms with Gasteiger partial charge in [0.2, 0.25) is 0 Å². The van der Waals surface area contributed by atoms with Gasteiger partial charge in [-0.25, -0.2) is 4.98 Å². The molecule has 0 amide bonds. The van der Waals surface area contributed by atoms with Crippen molar-refractivity contribution in [3.63, 3.8) is 0 Å². The van der Waals surface area contributed by atoms with Gasteiger partial charge in [0.05, 0.1) is 12.1 Å². The average molecular weight is 189 g/mol. The zero-order valence-electron chi connectivity index (χ0n) is 5.65. The predicted molar refractivity (Wildman–Crippen MR) is 45.3 cm³/mol. The normalized spacial score (nSPS) is 9.91. The van der Waals surface area contributed by atoms with Crippen molar-refractivity contribution >= 4 is 29.9 Å². The highest BCUT2D eigenvalue weighted by Crippen LogP contribution is 2.14. The fourth-order valence-electron chi connectivity index (χ4n) is 0.646. The van der Waals surface area contributed by atoms with Crippen LogP contribution in [0.2, 0.25) is 0 Å². The maximum absolute atomic E-state index is 10.1. The Bertz CT molecular complexity index is 259. The predicted octanol–water partition coefficient (Wildman–Crippen LogP) is 1.45. The number of carboxylic acid groups (broad SMARTS) is 1. The van der Waals surface area contributed by atoms with Gasteiger partial charge in [0.1, 0.15) is 4.34 Å². The maximum atomic E-state index is 10.1. The summed E-state index contributed by atoms with van der Waals surface area (Å²) < 4.78 is 0.686. The average Bonchev–Trinajstić information content (AvgIpc) is 2.31. The highest BCUT2D eigenvalue weighted by Gasteiger charge is 2.01. The van der Waals surface area contributed by atoms with E-state index in [1.807, 2.05) is 5.38 Å². The van der Waals surface area contributed by atoms with Gasteiger partial charge >= 0.3 is 5.97 Å². The fourth-order valence-corrected chi connectivity index (χ4v) is 1.51. The smallest absolute Gasteiger partial charge is 0.303 e. The number of aliphatic carboxylic acids is 1. The molecule has 1 rings (SSSR count). The molecule has 0 saturated carbocycles. The topological polar surface area (TPSA) is 50.2 Å². The zero-order valence-corrected chi connectivity index (χ0v) is 7.36. The first-order valence-corrected chi connectivity index (χ1v) is 4.36. The quantitative estimate of drug-likeness (QED) is 0.707. The summed E-state index contributed by atoms with van der Waals surface area (Å²) in [4.78, 5) is 14.1. The van der Waals surface area contributed by atoms with Crippen LogP contribution in [-0.2, 0) is 11.2 Å². The first kappa shape index (κ1) is 8.55. The molecule has 0 radical (unpaired) electrons. The number of hydrogen-bond donors (Lipinski definition) is 2. The molecule has 0 bridgehead atoms. The Balaban J connectivity index is 2.45. The molecule has 0 aromatic carbocycles. The molecular weight excluding hydrogens is 182 g/mol. The van der Waals surface area contributed by atoms with Gasteiger partial charge in [-0.15, -0.1) is 24.0 Å².